The summed E-state index contributed by atoms with van der Waals surface area (Å²) in [7, 11) is 1.81. The number of nitriles is 1. The third-order valence-electron chi connectivity index (χ3n) is 5.51. The van der Waals surface area contributed by atoms with Crippen LogP contribution in [0.5, 0.6) is 11.6 Å². The van der Waals surface area contributed by atoms with Gasteiger partial charge in [-0.15, -0.1) is 0 Å². The zero-order chi connectivity index (χ0) is 23.8. The van der Waals surface area contributed by atoms with E-state index >= 15 is 0 Å². The second-order valence-corrected chi connectivity index (χ2v) is 7.73. The topological polar surface area (TPSA) is 85.2 Å². The van der Waals surface area contributed by atoms with Gasteiger partial charge in [0.05, 0.1) is 16.6 Å². The molecule has 8 heteroatoms. The number of benzene rings is 2. The molecule has 0 atom stereocenters. The summed E-state index contributed by atoms with van der Waals surface area (Å²) in [6.45, 7) is 1.83. The number of ether oxygens (including phenoxy) is 1. The van der Waals surface area contributed by atoms with Crippen LogP contribution in [0.25, 0.3) is 28.3 Å². The minimum Gasteiger partial charge on any atom is -0.438 e. The third kappa shape index (κ3) is 3.59. The first-order chi connectivity index (χ1) is 16.5. The van der Waals surface area contributed by atoms with Gasteiger partial charge in [-0.25, -0.2) is 9.37 Å². The predicted octanol–water partition coefficient (Wildman–Crippen LogP) is 4.89. The Bertz CT molecular complexity index is 1690. The van der Waals surface area contributed by atoms with Crippen molar-refractivity contribution in [3.63, 3.8) is 0 Å². The first kappa shape index (κ1) is 21.1. The first-order valence-corrected chi connectivity index (χ1v) is 10.5. The van der Waals surface area contributed by atoms with Gasteiger partial charge in [0.1, 0.15) is 28.8 Å². The molecule has 7 nitrogen and oxygen atoms in total. The Morgan fingerprint density at radius 1 is 1.09 bits per heavy atom. The van der Waals surface area contributed by atoms with Gasteiger partial charge in [0.25, 0.3) is 5.56 Å². The largest absolute Gasteiger partial charge is 0.438 e. The summed E-state index contributed by atoms with van der Waals surface area (Å²) < 4.78 is 22.5. The van der Waals surface area contributed by atoms with Crippen LogP contribution in [0.4, 0.5) is 4.39 Å². The molecule has 5 rings (SSSR count). The van der Waals surface area contributed by atoms with Crippen molar-refractivity contribution in [3.05, 3.63) is 100.0 Å². The standard InChI is InChI=1S/C26H18FN5O2/c1-16-6-5-13-32-23(16)30-25(34-19-11-9-18(27)10-12-19)20(26(32)33)14-17(15-28)24-29-21-7-3-4-8-22(21)31(24)2/h3-14H,1-2H3. The van der Waals surface area contributed by atoms with Crippen LogP contribution in [0, 0.1) is 24.1 Å². The molecule has 0 saturated heterocycles. The van der Waals surface area contributed by atoms with E-state index in [2.05, 4.69) is 16.0 Å². The van der Waals surface area contributed by atoms with Gasteiger partial charge in [0, 0.05) is 13.2 Å². The Balaban J connectivity index is 1.75. The number of halogens is 1. The number of aryl methyl sites for hydroxylation is 2. The summed E-state index contributed by atoms with van der Waals surface area (Å²) in [6, 6.07) is 18.6. The van der Waals surface area contributed by atoms with Crippen LogP contribution in [-0.2, 0) is 7.05 Å². The summed E-state index contributed by atoms with van der Waals surface area (Å²) >= 11 is 0. The number of hydrogen-bond donors (Lipinski definition) is 0. The molecule has 2 aromatic carbocycles. The number of rotatable bonds is 4. The minimum absolute atomic E-state index is 0.0115. The summed E-state index contributed by atoms with van der Waals surface area (Å²) in [5.74, 6) is 0.313. The van der Waals surface area contributed by atoms with E-state index in [9.17, 15) is 14.4 Å². The van der Waals surface area contributed by atoms with E-state index in [0.29, 0.717) is 17.2 Å². The Kier molecular flexibility index (Phi) is 5.15. The van der Waals surface area contributed by atoms with E-state index in [-0.39, 0.29) is 17.0 Å². The number of pyridine rings is 1. The Hall–Kier alpha value is -4.77. The molecule has 34 heavy (non-hydrogen) atoms. The van der Waals surface area contributed by atoms with Gasteiger partial charge in [-0.05, 0) is 61.0 Å². The molecule has 166 valence electrons. The Labute approximate surface area is 193 Å². The average molecular weight is 451 g/mol. The van der Waals surface area contributed by atoms with Gasteiger partial charge in [-0.2, -0.15) is 10.2 Å². The van der Waals surface area contributed by atoms with Crippen molar-refractivity contribution < 1.29 is 9.13 Å². The van der Waals surface area contributed by atoms with Gasteiger partial charge in [0.2, 0.25) is 5.88 Å². The quantitative estimate of drug-likeness (QED) is 0.364. The second kappa shape index (κ2) is 8.30. The summed E-state index contributed by atoms with van der Waals surface area (Å²) in [5.41, 5.74) is 2.62. The van der Waals surface area contributed by atoms with Gasteiger partial charge in [0.15, 0.2) is 5.82 Å². The number of nitrogens with zero attached hydrogens (tertiary/aromatic N) is 5. The molecule has 3 aromatic heterocycles. The van der Waals surface area contributed by atoms with Crippen LogP contribution in [0.1, 0.15) is 17.0 Å². The monoisotopic (exact) mass is 451 g/mol. The maximum absolute atomic E-state index is 13.5. The molecular weight excluding hydrogens is 433 g/mol. The fourth-order valence-corrected chi connectivity index (χ4v) is 3.79. The number of fused-ring (bicyclic) bond motifs is 2. The van der Waals surface area contributed by atoms with E-state index in [1.807, 2.05) is 37.3 Å². The van der Waals surface area contributed by atoms with Crippen molar-refractivity contribution in [2.45, 2.75) is 6.92 Å². The van der Waals surface area contributed by atoms with Crippen molar-refractivity contribution in [3.8, 4) is 17.7 Å². The van der Waals surface area contributed by atoms with E-state index in [4.69, 9.17) is 4.74 Å². The van der Waals surface area contributed by atoms with Crippen LogP contribution in [-0.4, -0.2) is 18.9 Å². The first-order valence-electron chi connectivity index (χ1n) is 10.5. The molecule has 0 bridgehead atoms. The minimum atomic E-state index is -0.413. The van der Waals surface area contributed by atoms with Gasteiger partial charge in [-0.1, -0.05) is 18.2 Å². The number of para-hydroxylation sites is 2. The molecule has 0 saturated carbocycles. The maximum atomic E-state index is 13.5. The highest BCUT2D eigenvalue weighted by Gasteiger charge is 2.18. The number of imidazole rings is 1. The molecule has 0 radical (unpaired) electrons. The van der Waals surface area contributed by atoms with Crippen LogP contribution in [0.3, 0.4) is 0 Å². The zero-order valence-electron chi connectivity index (χ0n) is 18.4. The van der Waals surface area contributed by atoms with Crippen LogP contribution in [0.2, 0.25) is 0 Å². The molecule has 3 heterocycles. The summed E-state index contributed by atoms with van der Waals surface area (Å²) in [4.78, 5) is 22.6. The number of hydrogen-bond acceptors (Lipinski definition) is 5. The van der Waals surface area contributed by atoms with Crippen molar-refractivity contribution in [1.82, 2.24) is 18.9 Å². The molecule has 0 unspecified atom stereocenters. The molecule has 0 fully saturated rings. The van der Waals surface area contributed by atoms with Crippen LogP contribution < -0.4 is 10.3 Å². The van der Waals surface area contributed by atoms with Gasteiger partial charge in [-0.3, -0.25) is 9.20 Å². The highest BCUT2D eigenvalue weighted by molar-refractivity contribution is 5.91. The lowest BCUT2D eigenvalue weighted by molar-refractivity contribution is 0.459. The maximum Gasteiger partial charge on any atom is 0.269 e. The summed E-state index contributed by atoms with van der Waals surface area (Å²) in [5, 5.41) is 9.97. The molecule has 0 amide bonds. The van der Waals surface area contributed by atoms with Gasteiger partial charge < -0.3 is 9.30 Å². The van der Waals surface area contributed by atoms with Gasteiger partial charge >= 0.3 is 0 Å². The molecule has 0 spiro atoms. The Morgan fingerprint density at radius 3 is 2.59 bits per heavy atom. The van der Waals surface area contributed by atoms with E-state index < -0.39 is 11.4 Å². The second-order valence-electron chi connectivity index (χ2n) is 7.73. The smallest absolute Gasteiger partial charge is 0.269 e. The SMILES string of the molecule is Cc1cccn2c(=O)c(C=C(C#N)c3nc4ccccc4n3C)c(Oc3ccc(F)cc3)nc12. The summed E-state index contributed by atoms with van der Waals surface area (Å²) in [6.07, 6.45) is 3.04. The predicted molar refractivity (Wildman–Crippen MR) is 127 cm³/mol. The van der Waals surface area contributed by atoms with Crippen molar-refractivity contribution in [2.24, 2.45) is 7.05 Å². The highest BCUT2D eigenvalue weighted by atomic mass is 19.1. The lowest BCUT2D eigenvalue weighted by Gasteiger charge is -2.11. The molecular formula is C26H18FN5O2. The van der Waals surface area contributed by atoms with Crippen LogP contribution >= 0.6 is 0 Å². The normalized spacial score (nSPS) is 11.6. The molecule has 5 aromatic rings. The molecule has 0 N–H and O–H groups in total. The molecule has 0 aliphatic rings. The average Bonchev–Trinajstić information content (AvgIpc) is 3.17. The lowest BCUT2D eigenvalue weighted by Crippen LogP contribution is -2.19. The zero-order valence-corrected chi connectivity index (χ0v) is 18.4. The lowest BCUT2D eigenvalue weighted by atomic mass is 10.1. The van der Waals surface area contributed by atoms with E-state index in [1.165, 1.54) is 34.7 Å². The fraction of sp³-hybridized carbons (Fsp3) is 0.0769. The third-order valence-corrected chi connectivity index (χ3v) is 5.51. The van der Waals surface area contributed by atoms with Crippen molar-refractivity contribution >= 4 is 28.3 Å². The number of aromatic nitrogens is 4. The Morgan fingerprint density at radius 2 is 1.85 bits per heavy atom. The molecule has 0 aliphatic carbocycles. The van der Waals surface area contributed by atoms with Crippen molar-refractivity contribution in [2.75, 3.05) is 0 Å². The number of allylic oxidation sites excluding steroid dienone is 1. The fourth-order valence-electron chi connectivity index (χ4n) is 3.79. The molecule has 0 aliphatic heterocycles. The van der Waals surface area contributed by atoms with E-state index in [1.54, 1.807) is 23.9 Å². The van der Waals surface area contributed by atoms with Crippen molar-refractivity contribution in [1.29, 1.82) is 5.26 Å². The highest BCUT2D eigenvalue weighted by Crippen LogP contribution is 2.27. The van der Waals surface area contributed by atoms with E-state index in [0.717, 1.165) is 16.6 Å². The van der Waals surface area contributed by atoms with Crippen LogP contribution in [0.15, 0.2) is 71.7 Å².